The van der Waals surface area contributed by atoms with Gasteiger partial charge >= 0.3 is 5.97 Å². The molecule has 0 aliphatic heterocycles. The molecule has 1 saturated carbocycles. The number of ether oxygens (including phenoxy) is 1. The highest BCUT2D eigenvalue weighted by molar-refractivity contribution is 6.53. The second-order valence-electron chi connectivity index (χ2n) is 5.80. The average Bonchev–Trinajstić information content (AvgIpc) is 2.99. The smallest absolute Gasteiger partial charge is 0.315 e. The number of aryl methyl sites for hydroxylation is 1. The number of rotatable bonds is 5. The van der Waals surface area contributed by atoms with Crippen molar-refractivity contribution in [2.75, 3.05) is 5.32 Å². The number of halogens is 2. The van der Waals surface area contributed by atoms with Crippen LogP contribution in [-0.2, 0) is 20.7 Å². The van der Waals surface area contributed by atoms with Gasteiger partial charge < -0.3 is 10.1 Å². The van der Waals surface area contributed by atoms with Crippen molar-refractivity contribution in [3.63, 3.8) is 0 Å². The van der Waals surface area contributed by atoms with E-state index in [0.29, 0.717) is 12.1 Å². The Bertz CT molecular complexity index is 586. The van der Waals surface area contributed by atoms with E-state index in [-0.39, 0.29) is 0 Å². The van der Waals surface area contributed by atoms with Crippen molar-refractivity contribution in [1.29, 1.82) is 0 Å². The molecule has 22 heavy (non-hydrogen) atoms. The van der Waals surface area contributed by atoms with Crippen molar-refractivity contribution < 1.29 is 14.3 Å². The van der Waals surface area contributed by atoms with Crippen LogP contribution in [0.2, 0.25) is 0 Å². The Morgan fingerprint density at radius 3 is 2.32 bits per heavy atom. The summed E-state index contributed by atoms with van der Waals surface area (Å²) in [5.74, 6) is -0.946. The average molecular weight is 344 g/mol. The Hall–Kier alpha value is -1.26. The molecule has 2 atom stereocenters. The van der Waals surface area contributed by atoms with Gasteiger partial charge in [-0.15, -0.1) is 23.2 Å². The topological polar surface area (TPSA) is 55.4 Å². The second kappa shape index (κ2) is 6.09. The molecule has 1 aromatic rings. The third-order valence-corrected chi connectivity index (χ3v) is 5.09. The van der Waals surface area contributed by atoms with Crippen LogP contribution in [0, 0.1) is 5.41 Å². The Labute approximate surface area is 140 Å². The Balaban J connectivity index is 1.91. The summed E-state index contributed by atoms with van der Waals surface area (Å²) in [6.45, 7) is 5.20. The van der Waals surface area contributed by atoms with Gasteiger partial charge in [0.05, 0.1) is 0 Å². The van der Waals surface area contributed by atoms with Gasteiger partial charge in [0.2, 0.25) is 0 Å². The number of carbonyl (C=O) groups excluding carboxylic acids is 2. The minimum absolute atomic E-state index is 0.328. The van der Waals surface area contributed by atoms with E-state index in [2.05, 4.69) is 12.2 Å². The summed E-state index contributed by atoms with van der Waals surface area (Å²) in [5, 5.41) is 2.71. The highest BCUT2D eigenvalue weighted by Gasteiger charge is 2.69. The summed E-state index contributed by atoms with van der Waals surface area (Å²) in [4.78, 5) is 24.1. The molecule has 0 unspecified atom stereocenters. The minimum atomic E-state index is -1.10. The lowest BCUT2D eigenvalue weighted by Crippen LogP contribution is -2.33. The molecule has 4 nitrogen and oxygen atoms in total. The number of carbonyl (C=O) groups is 2. The molecule has 6 heteroatoms. The van der Waals surface area contributed by atoms with Crippen molar-refractivity contribution in [2.24, 2.45) is 5.41 Å². The summed E-state index contributed by atoms with van der Waals surface area (Å²) in [5.41, 5.74) is 0.902. The fourth-order valence-corrected chi connectivity index (χ4v) is 2.72. The number of nitrogens with one attached hydrogen (secondary N) is 1. The van der Waals surface area contributed by atoms with Crippen molar-refractivity contribution in [3.05, 3.63) is 29.8 Å². The largest absolute Gasteiger partial charge is 0.452 e. The Kier molecular flexibility index (Phi) is 4.73. The molecule has 0 saturated heterocycles. The summed E-state index contributed by atoms with van der Waals surface area (Å²) in [6, 6.07) is 7.51. The van der Waals surface area contributed by atoms with Crippen LogP contribution in [-0.4, -0.2) is 22.3 Å². The molecule has 0 bridgehead atoms. The molecular weight excluding hydrogens is 325 g/mol. The van der Waals surface area contributed by atoms with E-state index in [1.807, 2.05) is 24.3 Å². The molecule has 2 rings (SSSR count). The van der Waals surface area contributed by atoms with E-state index in [0.717, 1.165) is 6.42 Å². The van der Waals surface area contributed by atoms with Crippen LogP contribution in [0.15, 0.2) is 24.3 Å². The maximum absolute atomic E-state index is 12.1. The van der Waals surface area contributed by atoms with Crippen molar-refractivity contribution in [2.45, 2.75) is 44.1 Å². The number of alkyl halides is 2. The molecule has 1 fully saturated rings. The zero-order chi connectivity index (χ0) is 16.5. The number of esters is 1. The van der Waals surface area contributed by atoms with Crippen LogP contribution in [0.5, 0.6) is 0 Å². The summed E-state index contributed by atoms with van der Waals surface area (Å²) in [7, 11) is 0. The van der Waals surface area contributed by atoms with Crippen molar-refractivity contribution >= 4 is 40.8 Å². The van der Waals surface area contributed by atoms with Crippen molar-refractivity contribution in [1.82, 2.24) is 0 Å². The normalized spacial score (nSPS) is 23.5. The third-order valence-electron chi connectivity index (χ3n) is 3.99. The third kappa shape index (κ3) is 3.39. The summed E-state index contributed by atoms with van der Waals surface area (Å²) < 4.78 is 4.07. The van der Waals surface area contributed by atoms with Gasteiger partial charge in [-0.3, -0.25) is 9.59 Å². The molecule has 0 radical (unpaired) electrons. The molecular formula is C16H19Cl2NO3. The van der Waals surface area contributed by atoms with E-state index in [4.69, 9.17) is 27.9 Å². The molecule has 0 heterocycles. The van der Waals surface area contributed by atoms with Gasteiger partial charge in [0, 0.05) is 12.1 Å². The number of amides is 1. The zero-order valence-electron chi connectivity index (χ0n) is 12.8. The minimum Gasteiger partial charge on any atom is -0.452 e. The number of hydrogen-bond donors (Lipinski definition) is 1. The predicted molar refractivity (Wildman–Crippen MR) is 87.2 cm³/mol. The van der Waals surface area contributed by atoms with Gasteiger partial charge in [0.1, 0.15) is 9.75 Å². The first-order chi connectivity index (χ1) is 10.2. The standard InChI is InChI=1S/C16H19Cl2NO3/c1-4-11-5-7-12(8-6-11)19-13(20)10(2)22-14(21)15(3)9-16(15,17)18/h5-8,10H,4,9H2,1-3H3,(H,19,20)/t10-,15+/m0/s1. The maximum atomic E-state index is 12.1. The van der Waals surface area contributed by atoms with Crippen LogP contribution in [0.3, 0.4) is 0 Å². The van der Waals surface area contributed by atoms with Crippen LogP contribution >= 0.6 is 23.2 Å². The van der Waals surface area contributed by atoms with E-state index in [1.54, 1.807) is 6.92 Å². The van der Waals surface area contributed by atoms with E-state index in [9.17, 15) is 9.59 Å². The zero-order valence-corrected chi connectivity index (χ0v) is 14.3. The second-order valence-corrected chi connectivity index (χ2v) is 7.28. The van der Waals surface area contributed by atoms with E-state index < -0.39 is 27.7 Å². The predicted octanol–water partition coefficient (Wildman–Crippen LogP) is 3.70. The van der Waals surface area contributed by atoms with E-state index in [1.165, 1.54) is 12.5 Å². The van der Waals surface area contributed by atoms with Gasteiger partial charge in [-0.2, -0.15) is 0 Å². The first kappa shape index (κ1) is 17.1. The lowest BCUT2D eigenvalue weighted by molar-refractivity contribution is -0.158. The lowest BCUT2D eigenvalue weighted by atomic mass is 10.1. The molecule has 0 aromatic heterocycles. The monoisotopic (exact) mass is 343 g/mol. The number of hydrogen-bond acceptors (Lipinski definition) is 3. The molecule has 1 aliphatic rings. The molecule has 1 aliphatic carbocycles. The highest BCUT2D eigenvalue weighted by atomic mass is 35.5. The Morgan fingerprint density at radius 1 is 1.32 bits per heavy atom. The summed E-state index contributed by atoms with van der Waals surface area (Å²) in [6.07, 6.45) is 0.341. The number of anilines is 1. The molecule has 0 spiro atoms. The van der Waals surface area contributed by atoms with Crippen LogP contribution in [0.4, 0.5) is 5.69 Å². The first-order valence-corrected chi connectivity index (χ1v) is 7.94. The highest BCUT2D eigenvalue weighted by Crippen LogP contribution is 2.64. The van der Waals surface area contributed by atoms with Gasteiger partial charge in [-0.25, -0.2) is 0 Å². The quantitative estimate of drug-likeness (QED) is 0.655. The lowest BCUT2D eigenvalue weighted by Gasteiger charge is -2.17. The molecule has 1 aromatic carbocycles. The van der Waals surface area contributed by atoms with Gasteiger partial charge in [-0.05, 0) is 38.0 Å². The Morgan fingerprint density at radius 2 is 1.86 bits per heavy atom. The van der Waals surface area contributed by atoms with Gasteiger partial charge in [0.15, 0.2) is 6.10 Å². The fraction of sp³-hybridized carbons (Fsp3) is 0.500. The van der Waals surface area contributed by atoms with Crippen LogP contribution in [0.1, 0.15) is 32.8 Å². The van der Waals surface area contributed by atoms with E-state index >= 15 is 0 Å². The molecule has 1 amide bonds. The SMILES string of the molecule is CCc1ccc(NC(=O)[C@H](C)OC(=O)[C@@]2(C)CC2(Cl)Cl)cc1. The molecule has 1 N–H and O–H groups in total. The van der Waals surface area contributed by atoms with Gasteiger partial charge in [-0.1, -0.05) is 19.1 Å². The van der Waals surface area contributed by atoms with Crippen LogP contribution in [0.25, 0.3) is 0 Å². The fourth-order valence-electron chi connectivity index (χ4n) is 2.03. The van der Waals surface area contributed by atoms with Gasteiger partial charge in [0.25, 0.3) is 5.91 Å². The number of benzene rings is 1. The summed E-state index contributed by atoms with van der Waals surface area (Å²) >= 11 is 11.9. The first-order valence-electron chi connectivity index (χ1n) is 7.18. The van der Waals surface area contributed by atoms with Crippen molar-refractivity contribution in [3.8, 4) is 0 Å². The van der Waals surface area contributed by atoms with Crippen LogP contribution < -0.4 is 5.32 Å². The molecule has 120 valence electrons. The maximum Gasteiger partial charge on any atom is 0.315 e.